The van der Waals surface area contributed by atoms with Crippen LogP contribution in [0.15, 0.2) is 36.1 Å². The fourth-order valence-corrected chi connectivity index (χ4v) is 5.02. The summed E-state index contributed by atoms with van der Waals surface area (Å²) in [6.07, 6.45) is 4.97. The van der Waals surface area contributed by atoms with Crippen molar-refractivity contribution in [1.82, 2.24) is 9.88 Å². The molecule has 1 N–H and O–H groups in total. The zero-order valence-corrected chi connectivity index (χ0v) is 13.9. The van der Waals surface area contributed by atoms with E-state index in [-0.39, 0.29) is 6.10 Å². The lowest BCUT2D eigenvalue weighted by Crippen LogP contribution is -2.50. The van der Waals surface area contributed by atoms with Gasteiger partial charge in [-0.2, -0.15) is 0 Å². The fraction of sp³-hybridized carbons (Fsp3) is 0.450. The number of aromatic amines is 1. The molecule has 3 aliphatic rings. The number of hydrogen-bond donors (Lipinski definition) is 1. The largest absolute Gasteiger partial charge is 0.498 e. The van der Waals surface area contributed by atoms with Gasteiger partial charge in [-0.1, -0.05) is 18.2 Å². The van der Waals surface area contributed by atoms with Gasteiger partial charge < -0.3 is 9.72 Å². The molecule has 0 spiro atoms. The zero-order chi connectivity index (χ0) is 16.3. The van der Waals surface area contributed by atoms with Crippen molar-refractivity contribution in [2.45, 2.75) is 31.9 Å². The first-order chi connectivity index (χ1) is 11.8. The molecule has 0 amide bonds. The van der Waals surface area contributed by atoms with Gasteiger partial charge >= 0.3 is 0 Å². The van der Waals surface area contributed by atoms with Crippen LogP contribution in [-0.4, -0.2) is 35.4 Å². The summed E-state index contributed by atoms with van der Waals surface area (Å²) in [5.74, 6) is 0.724. The quantitative estimate of drug-likeness (QED) is 0.820. The summed E-state index contributed by atoms with van der Waals surface area (Å²) in [6, 6.07) is 8.98. The van der Waals surface area contributed by atoms with Crippen molar-refractivity contribution in [1.29, 1.82) is 0 Å². The Bertz CT molecular complexity index is 837. The van der Waals surface area contributed by atoms with Gasteiger partial charge in [0.15, 0.2) is 0 Å². The van der Waals surface area contributed by atoms with E-state index in [1.165, 1.54) is 22.2 Å². The highest BCUT2D eigenvalue weighted by Crippen LogP contribution is 2.47. The van der Waals surface area contributed by atoms with E-state index in [0.29, 0.717) is 17.9 Å². The Morgan fingerprint density at radius 3 is 3.08 bits per heavy atom. The Labute approximate surface area is 141 Å². The number of piperidine rings is 1. The molecular formula is C20H22N2O2. The van der Waals surface area contributed by atoms with Crippen LogP contribution in [0.4, 0.5) is 0 Å². The third-order valence-electron chi connectivity index (χ3n) is 6.29. The number of para-hydroxylation sites is 1. The van der Waals surface area contributed by atoms with E-state index in [2.05, 4.69) is 41.1 Å². The summed E-state index contributed by atoms with van der Waals surface area (Å²) < 4.78 is 5.72. The van der Waals surface area contributed by atoms with Crippen molar-refractivity contribution in [3.63, 3.8) is 0 Å². The number of carbonyl (C=O) groups excluding carboxylic acids is 1. The number of nitrogens with one attached hydrogen (secondary N) is 1. The molecule has 1 aromatic heterocycles. The topological polar surface area (TPSA) is 45.3 Å². The summed E-state index contributed by atoms with van der Waals surface area (Å²) in [5.41, 5.74) is 4.91. The average molecular weight is 322 g/mol. The lowest BCUT2D eigenvalue weighted by Gasteiger charge is -2.49. The van der Waals surface area contributed by atoms with Crippen molar-refractivity contribution in [2.24, 2.45) is 11.8 Å². The molecule has 0 aliphatic carbocycles. The van der Waals surface area contributed by atoms with Crippen LogP contribution in [0.2, 0.25) is 0 Å². The van der Waals surface area contributed by atoms with Crippen LogP contribution in [0.1, 0.15) is 30.6 Å². The van der Waals surface area contributed by atoms with Gasteiger partial charge in [0.1, 0.15) is 6.29 Å². The molecule has 4 heteroatoms. The normalized spacial score (nSPS) is 32.3. The predicted molar refractivity (Wildman–Crippen MR) is 92.6 cm³/mol. The smallest absolute Gasteiger partial charge is 0.149 e. The Morgan fingerprint density at radius 2 is 2.21 bits per heavy atom. The average Bonchev–Trinajstić information content (AvgIpc) is 3.00. The molecule has 1 saturated heterocycles. The number of hydrogen-bond acceptors (Lipinski definition) is 3. The molecular weight excluding hydrogens is 300 g/mol. The summed E-state index contributed by atoms with van der Waals surface area (Å²) in [4.78, 5) is 17.8. The molecule has 4 heterocycles. The summed E-state index contributed by atoms with van der Waals surface area (Å²) in [5, 5.41) is 1.36. The molecule has 3 aliphatic heterocycles. The SMILES string of the molecule is C[C@@H]1OC=C(C=O)C2CC3c4[nH]c5ccccc5c4CCN3CC21. The van der Waals surface area contributed by atoms with E-state index in [1.807, 2.05) is 0 Å². The first kappa shape index (κ1) is 14.3. The lowest BCUT2D eigenvalue weighted by molar-refractivity contribution is -0.107. The summed E-state index contributed by atoms with van der Waals surface area (Å²) >= 11 is 0. The Hall–Kier alpha value is -2.07. The molecule has 4 nitrogen and oxygen atoms in total. The number of aromatic nitrogens is 1. The van der Waals surface area contributed by atoms with Gasteiger partial charge in [-0.05, 0) is 37.3 Å². The summed E-state index contributed by atoms with van der Waals surface area (Å²) in [6.45, 7) is 4.24. The third kappa shape index (κ3) is 1.92. The van der Waals surface area contributed by atoms with E-state index in [4.69, 9.17) is 4.74 Å². The second-order valence-electron chi connectivity index (χ2n) is 7.41. The van der Waals surface area contributed by atoms with Crippen LogP contribution in [0.25, 0.3) is 10.9 Å². The highest BCUT2D eigenvalue weighted by molar-refractivity contribution is 5.85. The van der Waals surface area contributed by atoms with Gasteiger partial charge in [-0.3, -0.25) is 9.69 Å². The molecule has 1 aromatic carbocycles. The monoisotopic (exact) mass is 322 g/mol. The third-order valence-corrected chi connectivity index (χ3v) is 6.29. The maximum Gasteiger partial charge on any atom is 0.149 e. The molecule has 124 valence electrons. The van der Waals surface area contributed by atoms with Crippen molar-refractivity contribution in [2.75, 3.05) is 13.1 Å². The number of nitrogens with zero attached hydrogens (tertiary/aromatic N) is 1. The van der Waals surface area contributed by atoms with Crippen LogP contribution in [0, 0.1) is 11.8 Å². The molecule has 4 atom stereocenters. The predicted octanol–water partition coefficient (Wildman–Crippen LogP) is 3.20. The maximum absolute atomic E-state index is 11.5. The minimum absolute atomic E-state index is 0.184. The van der Waals surface area contributed by atoms with Crippen LogP contribution >= 0.6 is 0 Å². The molecule has 1 fully saturated rings. The molecule has 5 rings (SSSR count). The molecule has 0 bridgehead atoms. The van der Waals surface area contributed by atoms with Crippen molar-refractivity contribution in [3.8, 4) is 0 Å². The van der Waals surface area contributed by atoms with E-state index in [1.54, 1.807) is 6.26 Å². The van der Waals surface area contributed by atoms with Crippen molar-refractivity contribution in [3.05, 3.63) is 47.4 Å². The fourth-order valence-electron chi connectivity index (χ4n) is 5.02. The highest BCUT2D eigenvalue weighted by Gasteiger charge is 2.45. The first-order valence-corrected chi connectivity index (χ1v) is 8.90. The number of H-pyrrole nitrogens is 1. The summed E-state index contributed by atoms with van der Waals surface area (Å²) in [7, 11) is 0. The number of rotatable bonds is 1. The zero-order valence-electron chi connectivity index (χ0n) is 13.9. The van der Waals surface area contributed by atoms with Gasteiger partial charge in [0, 0.05) is 41.2 Å². The van der Waals surface area contributed by atoms with Gasteiger partial charge in [0.05, 0.1) is 18.4 Å². The minimum Gasteiger partial charge on any atom is -0.498 e. The molecule has 2 aromatic rings. The number of benzene rings is 1. The minimum atomic E-state index is 0.184. The Kier molecular flexibility index (Phi) is 3.10. The van der Waals surface area contributed by atoms with Gasteiger partial charge in [-0.25, -0.2) is 0 Å². The lowest BCUT2D eigenvalue weighted by atomic mass is 9.72. The molecule has 0 saturated carbocycles. The van der Waals surface area contributed by atoms with E-state index < -0.39 is 0 Å². The number of aldehydes is 1. The second kappa shape index (κ2) is 5.21. The van der Waals surface area contributed by atoms with Gasteiger partial charge in [0.2, 0.25) is 0 Å². The first-order valence-electron chi connectivity index (χ1n) is 8.90. The van der Waals surface area contributed by atoms with Crippen LogP contribution in [-0.2, 0) is 16.0 Å². The van der Waals surface area contributed by atoms with Crippen molar-refractivity contribution >= 4 is 17.2 Å². The number of carbonyl (C=O) groups is 1. The number of allylic oxidation sites excluding steroid dienone is 1. The van der Waals surface area contributed by atoms with E-state index in [9.17, 15) is 4.79 Å². The van der Waals surface area contributed by atoms with Gasteiger partial charge in [-0.15, -0.1) is 0 Å². The number of ether oxygens (including phenoxy) is 1. The molecule has 0 radical (unpaired) electrons. The molecule has 24 heavy (non-hydrogen) atoms. The highest BCUT2D eigenvalue weighted by atomic mass is 16.5. The Balaban J connectivity index is 1.57. The second-order valence-corrected chi connectivity index (χ2v) is 7.41. The van der Waals surface area contributed by atoms with Crippen LogP contribution < -0.4 is 0 Å². The number of fused-ring (bicyclic) bond motifs is 6. The van der Waals surface area contributed by atoms with E-state index in [0.717, 1.165) is 37.8 Å². The van der Waals surface area contributed by atoms with Crippen LogP contribution in [0.5, 0.6) is 0 Å². The van der Waals surface area contributed by atoms with Crippen molar-refractivity contribution < 1.29 is 9.53 Å². The van der Waals surface area contributed by atoms with Gasteiger partial charge in [0.25, 0.3) is 0 Å². The maximum atomic E-state index is 11.5. The molecule has 3 unspecified atom stereocenters. The Morgan fingerprint density at radius 1 is 1.33 bits per heavy atom. The van der Waals surface area contributed by atoms with E-state index >= 15 is 0 Å². The standard InChI is InChI=1S/C20H22N2O2/c1-12-17-9-22-7-6-15-14-4-2-3-5-18(14)21-20(15)19(22)8-16(17)13(10-23)11-24-12/h2-5,10-12,16-17,19,21H,6-9H2,1H3/t12-,16?,17?,19?/m0/s1. The van der Waals surface area contributed by atoms with Crippen LogP contribution in [0.3, 0.4) is 0 Å².